The zero-order valence-electron chi connectivity index (χ0n) is 15.2. The van der Waals surface area contributed by atoms with Crippen LogP contribution < -0.4 is 0 Å². The van der Waals surface area contributed by atoms with E-state index in [2.05, 4.69) is 9.97 Å². The molecule has 5 rings (SSSR count). The lowest BCUT2D eigenvalue weighted by molar-refractivity contribution is -0.384. The van der Waals surface area contributed by atoms with E-state index in [0.717, 1.165) is 16.6 Å². The molecule has 2 aromatic heterocycles. The first-order valence-corrected chi connectivity index (χ1v) is 9.11. The monoisotopic (exact) mass is 381 g/mol. The minimum Gasteiger partial charge on any atom is -0.337 e. The van der Waals surface area contributed by atoms with Crippen LogP contribution in [0.5, 0.6) is 0 Å². The second-order valence-corrected chi connectivity index (χ2v) is 6.71. The van der Waals surface area contributed by atoms with Crippen molar-refractivity contribution in [2.75, 3.05) is 0 Å². The van der Waals surface area contributed by atoms with Gasteiger partial charge in [0.1, 0.15) is 5.69 Å². The molecule has 0 aliphatic rings. The summed E-state index contributed by atoms with van der Waals surface area (Å²) < 4.78 is 0. The van der Waals surface area contributed by atoms with Gasteiger partial charge in [-0.3, -0.25) is 10.1 Å². The fourth-order valence-electron chi connectivity index (χ4n) is 3.36. The van der Waals surface area contributed by atoms with Crippen LogP contribution in [-0.2, 0) is 6.42 Å². The number of fused-ring (bicyclic) bond motifs is 2. The van der Waals surface area contributed by atoms with Gasteiger partial charge in [0.25, 0.3) is 5.69 Å². The highest BCUT2D eigenvalue weighted by Crippen LogP contribution is 2.27. The summed E-state index contributed by atoms with van der Waals surface area (Å²) in [7, 11) is 0. The van der Waals surface area contributed by atoms with Gasteiger partial charge in [-0.15, -0.1) is 0 Å². The number of nitro groups is 1. The summed E-state index contributed by atoms with van der Waals surface area (Å²) in [6, 6.07) is 22.2. The number of nitrogens with one attached hydrogen (secondary N) is 1. The minimum absolute atomic E-state index is 0.00560. The molecule has 2 heterocycles. The molecule has 0 bridgehead atoms. The van der Waals surface area contributed by atoms with E-state index in [1.165, 1.54) is 12.1 Å². The maximum absolute atomic E-state index is 11.2. The highest BCUT2D eigenvalue weighted by Gasteiger charge is 2.17. The molecular formula is C22H15N5O2. The highest BCUT2D eigenvalue weighted by molar-refractivity contribution is 5.82. The molecule has 0 amide bonds. The van der Waals surface area contributed by atoms with Crippen molar-refractivity contribution >= 4 is 27.8 Å². The molecule has 0 spiro atoms. The van der Waals surface area contributed by atoms with Crippen molar-refractivity contribution in [2.24, 2.45) is 0 Å². The van der Waals surface area contributed by atoms with E-state index in [0.29, 0.717) is 34.7 Å². The molecule has 0 radical (unpaired) electrons. The van der Waals surface area contributed by atoms with Gasteiger partial charge in [-0.2, -0.15) is 0 Å². The zero-order valence-corrected chi connectivity index (χ0v) is 15.2. The largest absolute Gasteiger partial charge is 0.337 e. The molecule has 0 saturated heterocycles. The first-order chi connectivity index (χ1) is 14.2. The van der Waals surface area contributed by atoms with Gasteiger partial charge in [0.2, 0.25) is 0 Å². The minimum atomic E-state index is -0.425. The van der Waals surface area contributed by atoms with Crippen molar-refractivity contribution in [3.8, 4) is 11.5 Å². The van der Waals surface area contributed by atoms with E-state index in [4.69, 9.17) is 9.97 Å². The SMILES string of the molecule is O=[N+]([O-])c1ccc2nc(-c3nc4ccccc4[nH]3)c(Cc3ccccc3)nc2c1. The Morgan fingerprint density at radius 1 is 0.828 bits per heavy atom. The number of non-ortho nitro benzene ring substituents is 1. The number of aromatic nitrogens is 4. The lowest BCUT2D eigenvalue weighted by Gasteiger charge is -2.08. The Bertz CT molecular complexity index is 1330. The fourth-order valence-corrected chi connectivity index (χ4v) is 3.36. The summed E-state index contributed by atoms with van der Waals surface area (Å²) >= 11 is 0. The zero-order chi connectivity index (χ0) is 19.8. The lowest BCUT2D eigenvalue weighted by Crippen LogP contribution is -2.02. The number of hydrogen-bond donors (Lipinski definition) is 1. The van der Waals surface area contributed by atoms with Gasteiger partial charge in [0.15, 0.2) is 5.82 Å². The molecule has 0 fully saturated rings. The van der Waals surface area contributed by atoms with E-state index in [1.807, 2.05) is 54.6 Å². The Balaban J connectivity index is 1.72. The molecule has 140 valence electrons. The second-order valence-electron chi connectivity index (χ2n) is 6.71. The second kappa shape index (κ2) is 6.79. The number of benzene rings is 3. The first-order valence-electron chi connectivity index (χ1n) is 9.11. The Morgan fingerprint density at radius 2 is 1.62 bits per heavy atom. The Labute approximate surface area is 165 Å². The molecule has 0 unspecified atom stereocenters. The summed E-state index contributed by atoms with van der Waals surface area (Å²) in [5.74, 6) is 0.630. The summed E-state index contributed by atoms with van der Waals surface area (Å²) in [6.45, 7) is 0. The summed E-state index contributed by atoms with van der Waals surface area (Å²) in [6.07, 6.45) is 0.541. The highest BCUT2D eigenvalue weighted by atomic mass is 16.6. The van der Waals surface area contributed by atoms with Crippen LogP contribution in [0.1, 0.15) is 11.3 Å². The molecule has 29 heavy (non-hydrogen) atoms. The van der Waals surface area contributed by atoms with E-state index in [-0.39, 0.29) is 5.69 Å². The maximum Gasteiger partial charge on any atom is 0.271 e. The number of nitrogens with zero attached hydrogens (tertiary/aromatic N) is 4. The van der Waals surface area contributed by atoms with Gasteiger partial charge >= 0.3 is 0 Å². The predicted octanol–water partition coefficient (Wildman–Crippen LogP) is 4.67. The average Bonchev–Trinajstić information content (AvgIpc) is 3.17. The average molecular weight is 381 g/mol. The quantitative estimate of drug-likeness (QED) is 0.360. The molecule has 3 aromatic carbocycles. The first kappa shape index (κ1) is 17.0. The van der Waals surface area contributed by atoms with Crippen molar-refractivity contribution in [1.82, 2.24) is 19.9 Å². The molecule has 5 aromatic rings. The Kier molecular flexibility index (Phi) is 3.98. The third-order valence-corrected chi connectivity index (χ3v) is 4.76. The molecule has 1 N–H and O–H groups in total. The number of imidazole rings is 1. The summed E-state index contributed by atoms with van der Waals surface area (Å²) in [4.78, 5) is 28.2. The van der Waals surface area contributed by atoms with Crippen molar-refractivity contribution in [2.45, 2.75) is 6.42 Å². The standard InChI is InChI=1S/C22H15N5O2/c28-27(29)15-10-11-18-19(13-15)23-20(12-14-6-2-1-3-7-14)21(24-18)22-25-16-8-4-5-9-17(16)26-22/h1-11,13H,12H2,(H,25,26). The molecule has 0 atom stereocenters. The predicted molar refractivity (Wildman–Crippen MR) is 111 cm³/mol. The molecular weight excluding hydrogens is 366 g/mol. The number of rotatable bonds is 4. The molecule has 0 aliphatic heterocycles. The number of para-hydroxylation sites is 2. The van der Waals surface area contributed by atoms with Crippen molar-refractivity contribution in [1.29, 1.82) is 0 Å². The van der Waals surface area contributed by atoms with Crippen LogP contribution in [0, 0.1) is 10.1 Å². The van der Waals surface area contributed by atoms with Crippen LogP contribution >= 0.6 is 0 Å². The molecule has 0 aliphatic carbocycles. The van der Waals surface area contributed by atoms with Gasteiger partial charge < -0.3 is 4.98 Å². The van der Waals surface area contributed by atoms with Crippen LogP contribution in [0.2, 0.25) is 0 Å². The number of hydrogen-bond acceptors (Lipinski definition) is 5. The van der Waals surface area contributed by atoms with Crippen LogP contribution in [0.15, 0.2) is 72.8 Å². The van der Waals surface area contributed by atoms with Crippen LogP contribution in [-0.4, -0.2) is 24.9 Å². The van der Waals surface area contributed by atoms with E-state index < -0.39 is 4.92 Å². The summed E-state index contributed by atoms with van der Waals surface area (Å²) in [5, 5.41) is 11.2. The van der Waals surface area contributed by atoms with Crippen LogP contribution in [0.3, 0.4) is 0 Å². The number of H-pyrrole nitrogens is 1. The van der Waals surface area contributed by atoms with Gasteiger partial charge in [0.05, 0.1) is 32.7 Å². The Morgan fingerprint density at radius 3 is 2.41 bits per heavy atom. The summed E-state index contributed by atoms with van der Waals surface area (Å²) in [5.41, 5.74) is 5.26. The number of nitro benzene ring substituents is 1. The van der Waals surface area contributed by atoms with Crippen LogP contribution in [0.4, 0.5) is 5.69 Å². The van der Waals surface area contributed by atoms with E-state index in [1.54, 1.807) is 6.07 Å². The van der Waals surface area contributed by atoms with Crippen molar-refractivity contribution < 1.29 is 4.92 Å². The van der Waals surface area contributed by atoms with Crippen molar-refractivity contribution in [3.05, 3.63) is 94.2 Å². The number of aromatic amines is 1. The smallest absolute Gasteiger partial charge is 0.271 e. The van der Waals surface area contributed by atoms with E-state index in [9.17, 15) is 10.1 Å². The fraction of sp³-hybridized carbons (Fsp3) is 0.0455. The van der Waals surface area contributed by atoms with Gasteiger partial charge in [0, 0.05) is 18.6 Å². The van der Waals surface area contributed by atoms with E-state index >= 15 is 0 Å². The van der Waals surface area contributed by atoms with Gasteiger partial charge in [-0.05, 0) is 23.8 Å². The lowest BCUT2D eigenvalue weighted by atomic mass is 10.1. The molecule has 0 saturated carbocycles. The third-order valence-electron chi connectivity index (χ3n) is 4.76. The molecule has 7 nitrogen and oxygen atoms in total. The van der Waals surface area contributed by atoms with Gasteiger partial charge in [-0.1, -0.05) is 42.5 Å². The Hall–Kier alpha value is -4.13. The maximum atomic E-state index is 11.2. The topological polar surface area (TPSA) is 97.6 Å². The van der Waals surface area contributed by atoms with Crippen LogP contribution in [0.25, 0.3) is 33.6 Å². The van der Waals surface area contributed by atoms with Gasteiger partial charge in [-0.25, -0.2) is 15.0 Å². The normalized spacial score (nSPS) is 11.2. The van der Waals surface area contributed by atoms with Crippen molar-refractivity contribution in [3.63, 3.8) is 0 Å². The molecule has 7 heteroatoms. The third kappa shape index (κ3) is 3.19.